The lowest BCUT2D eigenvalue weighted by Crippen LogP contribution is -1.82. The van der Waals surface area contributed by atoms with Gasteiger partial charge >= 0.3 is 0 Å². The largest absolute Gasteiger partial charge is 0.192 e. The minimum atomic E-state index is 0.527. The van der Waals surface area contributed by atoms with Crippen LogP contribution in [0.1, 0.15) is 22.3 Å². The maximum absolute atomic E-state index is 8.93. The van der Waals surface area contributed by atoms with Crippen molar-refractivity contribution in [2.75, 3.05) is 0 Å². The van der Waals surface area contributed by atoms with Gasteiger partial charge in [0.15, 0.2) is 0 Å². The fraction of sp³-hybridized carbons (Fsp3) is 0. The maximum atomic E-state index is 8.93. The van der Waals surface area contributed by atoms with Gasteiger partial charge in [0.25, 0.3) is 0 Å². The average molecular weight is 252 g/mol. The Hall–Kier alpha value is -3.46. The van der Waals surface area contributed by atoms with E-state index in [1.54, 1.807) is 36.4 Å². The average Bonchev–Trinajstić information content (AvgIpc) is 2.52. The number of benzene rings is 2. The summed E-state index contributed by atoms with van der Waals surface area (Å²) in [6.45, 7) is 0. The van der Waals surface area contributed by atoms with Gasteiger partial charge in [0.2, 0.25) is 0 Å². The number of rotatable bonds is 0. The molecule has 0 fully saturated rings. The molecule has 2 nitrogen and oxygen atoms in total. The topological polar surface area (TPSA) is 47.6 Å². The van der Waals surface area contributed by atoms with Crippen LogP contribution in [0.5, 0.6) is 0 Å². The summed E-state index contributed by atoms with van der Waals surface area (Å²) in [4.78, 5) is 0. The summed E-state index contributed by atoms with van der Waals surface area (Å²) in [6.07, 6.45) is 0. The smallest absolute Gasteiger partial charge is 0.100 e. The molecular formula is C18H8N2. The van der Waals surface area contributed by atoms with Gasteiger partial charge in [-0.25, -0.2) is 0 Å². The maximum Gasteiger partial charge on any atom is 0.100 e. The van der Waals surface area contributed by atoms with E-state index in [9.17, 15) is 0 Å². The van der Waals surface area contributed by atoms with Crippen molar-refractivity contribution >= 4 is 0 Å². The predicted molar refractivity (Wildman–Crippen MR) is 76.1 cm³/mol. The van der Waals surface area contributed by atoms with Gasteiger partial charge in [0, 0.05) is 11.1 Å². The molecule has 90 valence electrons. The molecule has 0 aliphatic heterocycles. The first-order valence-corrected chi connectivity index (χ1v) is 5.85. The van der Waals surface area contributed by atoms with Gasteiger partial charge < -0.3 is 0 Å². The highest BCUT2D eigenvalue weighted by atomic mass is 14.2. The first kappa shape index (κ1) is 13.0. The Morgan fingerprint density at radius 1 is 0.550 bits per heavy atom. The molecule has 0 bridgehead atoms. The van der Waals surface area contributed by atoms with Crippen LogP contribution in [0.4, 0.5) is 0 Å². The van der Waals surface area contributed by atoms with Crippen molar-refractivity contribution in [1.29, 1.82) is 10.5 Å². The van der Waals surface area contributed by atoms with Crippen molar-refractivity contribution in [3.8, 4) is 35.8 Å². The van der Waals surface area contributed by atoms with Gasteiger partial charge in [-0.15, -0.1) is 0 Å². The van der Waals surface area contributed by atoms with Crippen LogP contribution in [0.2, 0.25) is 0 Å². The number of nitriles is 2. The lowest BCUT2D eigenvalue weighted by atomic mass is 10.1. The zero-order valence-electron chi connectivity index (χ0n) is 10.5. The first-order valence-electron chi connectivity index (χ1n) is 5.85. The molecule has 0 aromatic heterocycles. The van der Waals surface area contributed by atoms with E-state index in [0.29, 0.717) is 22.3 Å². The Balaban J connectivity index is 2.28. The van der Waals surface area contributed by atoms with E-state index in [1.165, 1.54) is 0 Å². The number of hydrogen-bond donors (Lipinski definition) is 0. The van der Waals surface area contributed by atoms with Crippen LogP contribution in [-0.2, 0) is 0 Å². The summed E-state index contributed by atoms with van der Waals surface area (Å²) in [5.74, 6) is 11.1. The van der Waals surface area contributed by atoms with Gasteiger partial charge in [0.1, 0.15) is 12.1 Å². The van der Waals surface area contributed by atoms with Crippen LogP contribution >= 0.6 is 0 Å². The van der Waals surface area contributed by atoms with Crippen LogP contribution in [0.25, 0.3) is 0 Å². The van der Waals surface area contributed by atoms with Gasteiger partial charge in [0.05, 0.1) is 11.1 Å². The molecule has 0 heterocycles. The molecule has 0 saturated heterocycles. The third kappa shape index (κ3) is 3.05. The lowest BCUT2D eigenvalue weighted by Gasteiger charge is -1.91. The third-order valence-electron chi connectivity index (χ3n) is 2.55. The van der Waals surface area contributed by atoms with Gasteiger partial charge in [-0.05, 0) is 36.1 Å². The second-order valence-corrected chi connectivity index (χ2v) is 3.81. The fourth-order valence-corrected chi connectivity index (χ4v) is 1.58. The quantitative estimate of drug-likeness (QED) is 0.677. The lowest BCUT2D eigenvalue weighted by molar-refractivity contribution is 1.47. The summed E-state index contributed by atoms with van der Waals surface area (Å²) in [6, 6.07) is 18.4. The highest BCUT2D eigenvalue weighted by molar-refractivity contribution is 5.53. The molecule has 2 rings (SSSR count). The molecule has 2 aromatic rings. The van der Waals surface area contributed by atoms with E-state index in [0.717, 1.165) is 0 Å². The van der Waals surface area contributed by atoms with E-state index in [1.807, 2.05) is 12.1 Å². The Kier molecular flexibility index (Phi) is 4.20. The standard InChI is InChI=1S/C18H8N2/c19-13-17-11-5-3-9-15(17)7-1-2-8-16-10-4-6-12-18(16)14-20/h3-6,9-12H. The molecule has 0 spiro atoms. The Bertz CT molecular complexity index is 767. The van der Waals surface area contributed by atoms with Crippen molar-refractivity contribution in [1.82, 2.24) is 0 Å². The van der Waals surface area contributed by atoms with Crippen LogP contribution in [0.15, 0.2) is 48.5 Å². The third-order valence-corrected chi connectivity index (χ3v) is 2.55. The minimum Gasteiger partial charge on any atom is -0.192 e. The molecular weight excluding hydrogens is 244 g/mol. The van der Waals surface area contributed by atoms with E-state index in [4.69, 9.17) is 10.5 Å². The van der Waals surface area contributed by atoms with Crippen LogP contribution in [0, 0.1) is 46.3 Å². The van der Waals surface area contributed by atoms with E-state index < -0.39 is 0 Å². The molecule has 0 N–H and O–H groups in total. The molecule has 0 aliphatic rings. The molecule has 0 amide bonds. The van der Waals surface area contributed by atoms with Crippen molar-refractivity contribution in [2.45, 2.75) is 0 Å². The Morgan fingerprint density at radius 3 is 1.25 bits per heavy atom. The summed E-state index contributed by atoms with van der Waals surface area (Å²) in [5, 5.41) is 17.9. The van der Waals surface area contributed by atoms with Crippen molar-refractivity contribution in [2.24, 2.45) is 0 Å². The normalized spacial score (nSPS) is 8.10. The number of hydrogen-bond acceptors (Lipinski definition) is 2. The Morgan fingerprint density at radius 2 is 0.900 bits per heavy atom. The molecule has 20 heavy (non-hydrogen) atoms. The molecule has 0 saturated carbocycles. The summed E-state index contributed by atoms with van der Waals surface area (Å²) in [5.41, 5.74) is 2.36. The molecule has 0 aliphatic carbocycles. The van der Waals surface area contributed by atoms with E-state index >= 15 is 0 Å². The molecule has 2 aromatic carbocycles. The molecule has 0 unspecified atom stereocenters. The second kappa shape index (κ2) is 6.47. The second-order valence-electron chi connectivity index (χ2n) is 3.81. The molecule has 2 heteroatoms. The van der Waals surface area contributed by atoms with Gasteiger partial charge in [-0.2, -0.15) is 10.5 Å². The highest BCUT2D eigenvalue weighted by Gasteiger charge is 1.95. The zero-order chi connectivity index (χ0) is 14.2. The van der Waals surface area contributed by atoms with Crippen LogP contribution in [0.3, 0.4) is 0 Å². The van der Waals surface area contributed by atoms with E-state index in [-0.39, 0.29) is 0 Å². The summed E-state index contributed by atoms with van der Waals surface area (Å²) >= 11 is 0. The zero-order valence-corrected chi connectivity index (χ0v) is 10.5. The Labute approximate surface area is 117 Å². The van der Waals surface area contributed by atoms with Crippen LogP contribution < -0.4 is 0 Å². The summed E-state index contributed by atoms with van der Waals surface area (Å²) < 4.78 is 0. The highest BCUT2D eigenvalue weighted by Crippen LogP contribution is 2.05. The monoisotopic (exact) mass is 252 g/mol. The van der Waals surface area contributed by atoms with Crippen molar-refractivity contribution in [3.63, 3.8) is 0 Å². The van der Waals surface area contributed by atoms with Crippen molar-refractivity contribution in [3.05, 3.63) is 70.8 Å². The van der Waals surface area contributed by atoms with E-state index in [2.05, 4.69) is 35.8 Å². The number of nitrogens with zero attached hydrogens (tertiary/aromatic N) is 2. The molecule has 0 radical (unpaired) electrons. The molecule has 0 atom stereocenters. The van der Waals surface area contributed by atoms with Crippen molar-refractivity contribution < 1.29 is 0 Å². The van der Waals surface area contributed by atoms with Gasteiger partial charge in [-0.1, -0.05) is 36.1 Å². The van der Waals surface area contributed by atoms with Crippen LogP contribution in [-0.4, -0.2) is 0 Å². The minimum absolute atomic E-state index is 0.527. The van der Waals surface area contributed by atoms with Gasteiger partial charge in [-0.3, -0.25) is 0 Å². The first-order chi connectivity index (χ1) is 9.85. The predicted octanol–water partition coefficient (Wildman–Crippen LogP) is 2.83. The fourth-order valence-electron chi connectivity index (χ4n) is 1.58. The summed E-state index contributed by atoms with van der Waals surface area (Å²) in [7, 11) is 0. The SMILES string of the molecule is N#Cc1ccccc1C#CC#Cc1ccccc1C#N.